The number of rotatable bonds is 3. The molecule has 0 N–H and O–H groups in total. The third kappa shape index (κ3) is 1.73. The van der Waals surface area contributed by atoms with E-state index in [4.69, 9.17) is 4.98 Å². The van der Waals surface area contributed by atoms with Gasteiger partial charge in [-0.3, -0.25) is 0 Å². The molecule has 1 heterocycles. The van der Waals surface area contributed by atoms with Gasteiger partial charge in [-0.05, 0) is 25.5 Å². The van der Waals surface area contributed by atoms with Gasteiger partial charge in [-0.1, -0.05) is 32.9 Å². The van der Waals surface area contributed by atoms with Gasteiger partial charge in [0.15, 0.2) is 0 Å². The first kappa shape index (κ1) is 11.2. The quantitative estimate of drug-likeness (QED) is 0.754. The Labute approximate surface area is 97.3 Å². The number of imidazole rings is 1. The number of fused-ring (bicyclic) bond motifs is 1. The molecular formula is C14H20N2. The van der Waals surface area contributed by atoms with Crippen molar-refractivity contribution < 1.29 is 0 Å². The second kappa shape index (κ2) is 4.28. The molecule has 0 amide bonds. The maximum atomic E-state index is 4.74. The highest BCUT2D eigenvalue weighted by Crippen LogP contribution is 2.26. The first-order chi connectivity index (χ1) is 7.65. The lowest BCUT2D eigenvalue weighted by atomic mass is 10.1. The van der Waals surface area contributed by atoms with E-state index in [2.05, 4.69) is 56.5 Å². The van der Waals surface area contributed by atoms with Crippen molar-refractivity contribution in [1.29, 1.82) is 0 Å². The number of hydrogen-bond acceptors (Lipinski definition) is 1. The monoisotopic (exact) mass is 216 g/mol. The van der Waals surface area contributed by atoms with E-state index < -0.39 is 0 Å². The molecule has 1 unspecified atom stereocenters. The Morgan fingerprint density at radius 2 is 1.88 bits per heavy atom. The minimum Gasteiger partial charge on any atom is -0.325 e. The lowest BCUT2D eigenvalue weighted by Crippen LogP contribution is -2.09. The summed E-state index contributed by atoms with van der Waals surface area (Å²) in [6.07, 6.45) is 1.14. The number of aromatic nitrogens is 2. The van der Waals surface area contributed by atoms with Gasteiger partial charge in [-0.15, -0.1) is 0 Å². The maximum absolute atomic E-state index is 4.74. The van der Waals surface area contributed by atoms with Gasteiger partial charge in [-0.25, -0.2) is 4.98 Å². The molecule has 2 nitrogen and oxygen atoms in total. The largest absolute Gasteiger partial charge is 0.325 e. The summed E-state index contributed by atoms with van der Waals surface area (Å²) in [6, 6.07) is 8.93. The molecule has 0 fully saturated rings. The molecule has 1 aromatic heterocycles. The van der Waals surface area contributed by atoms with Crippen molar-refractivity contribution in [2.45, 2.75) is 46.1 Å². The van der Waals surface area contributed by atoms with Crippen LogP contribution in [0.4, 0.5) is 0 Å². The second-order valence-electron chi connectivity index (χ2n) is 4.74. The van der Waals surface area contributed by atoms with Crippen LogP contribution >= 0.6 is 0 Å². The molecule has 2 aromatic rings. The molecule has 2 heteroatoms. The van der Waals surface area contributed by atoms with E-state index in [1.807, 2.05) is 0 Å². The first-order valence-corrected chi connectivity index (χ1v) is 6.12. The number of para-hydroxylation sites is 2. The van der Waals surface area contributed by atoms with Crippen LogP contribution in [-0.4, -0.2) is 9.55 Å². The van der Waals surface area contributed by atoms with Gasteiger partial charge in [-0.2, -0.15) is 0 Å². The van der Waals surface area contributed by atoms with Crippen molar-refractivity contribution in [3.8, 4) is 0 Å². The highest BCUT2D eigenvalue weighted by molar-refractivity contribution is 5.76. The Bertz CT molecular complexity index is 482. The standard InChI is InChI=1S/C14H20N2/c1-5-11(4)16-13-9-7-6-8-12(13)15-14(16)10(2)3/h6-11H,5H2,1-4H3. The van der Waals surface area contributed by atoms with Crippen LogP contribution in [0.15, 0.2) is 24.3 Å². The predicted molar refractivity (Wildman–Crippen MR) is 68.8 cm³/mol. The topological polar surface area (TPSA) is 17.8 Å². The highest BCUT2D eigenvalue weighted by Gasteiger charge is 2.16. The van der Waals surface area contributed by atoms with Crippen LogP contribution in [0.25, 0.3) is 11.0 Å². The molecule has 0 aliphatic carbocycles. The Kier molecular flexibility index (Phi) is 2.99. The molecule has 2 rings (SSSR count). The van der Waals surface area contributed by atoms with Crippen LogP contribution in [0.5, 0.6) is 0 Å². The molecular weight excluding hydrogens is 196 g/mol. The molecule has 1 atom stereocenters. The fraction of sp³-hybridized carbons (Fsp3) is 0.500. The Balaban J connectivity index is 2.69. The molecule has 0 spiro atoms. The molecule has 16 heavy (non-hydrogen) atoms. The summed E-state index contributed by atoms with van der Waals surface area (Å²) in [5.74, 6) is 1.68. The smallest absolute Gasteiger partial charge is 0.112 e. The first-order valence-electron chi connectivity index (χ1n) is 6.12. The summed E-state index contributed by atoms with van der Waals surface area (Å²) in [5.41, 5.74) is 2.38. The van der Waals surface area contributed by atoms with E-state index >= 15 is 0 Å². The minimum atomic E-state index is 0.474. The zero-order valence-corrected chi connectivity index (χ0v) is 10.6. The highest BCUT2D eigenvalue weighted by atomic mass is 15.1. The fourth-order valence-corrected chi connectivity index (χ4v) is 2.12. The lowest BCUT2D eigenvalue weighted by Gasteiger charge is -2.17. The van der Waals surface area contributed by atoms with E-state index in [1.165, 1.54) is 11.3 Å². The Morgan fingerprint density at radius 1 is 1.19 bits per heavy atom. The van der Waals surface area contributed by atoms with E-state index in [1.54, 1.807) is 0 Å². The summed E-state index contributed by atoms with van der Waals surface area (Å²) in [7, 11) is 0. The zero-order valence-electron chi connectivity index (χ0n) is 10.6. The van der Waals surface area contributed by atoms with Crippen LogP contribution in [0.1, 0.15) is 51.9 Å². The van der Waals surface area contributed by atoms with Crippen LogP contribution in [0, 0.1) is 0 Å². The molecule has 0 radical (unpaired) electrons. The van der Waals surface area contributed by atoms with Crippen LogP contribution in [-0.2, 0) is 0 Å². The predicted octanol–water partition coefficient (Wildman–Crippen LogP) is 4.13. The Hall–Kier alpha value is -1.31. The molecule has 0 saturated heterocycles. The fourth-order valence-electron chi connectivity index (χ4n) is 2.12. The van der Waals surface area contributed by atoms with Gasteiger partial charge < -0.3 is 4.57 Å². The summed E-state index contributed by atoms with van der Waals surface area (Å²) in [6.45, 7) is 8.91. The van der Waals surface area contributed by atoms with Gasteiger partial charge in [0, 0.05) is 12.0 Å². The molecule has 0 saturated carbocycles. The minimum absolute atomic E-state index is 0.474. The second-order valence-corrected chi connectivity index (χ2v) is 4.74. The van der Waals surface area contributed by atoms with Gasteiger partial charge >= 0.3 is 0 Å². The molecule has 0 aliphatic heterocycles. The lowest BCUT2D eigenvalue weighted by molar-refractivity contribution is 0.510. The van der Waals surface area contributed by atoms with Crippen LogP contribution in [0.3, 0.4) is 0 Å². The van der Waals surface area contributed by atoms with Gasteiger partial charge in [0.25, 0.3) is 0 Å². The average molecular weight is 216 g/mol. The molecule has 0 bridgehead atoms. The summed E-state index contributed by atoms with van der Waals surface area (Å²) in [4.78, 5) is 4.74. The Morgan fingerprint density at radius 3 is 2.50 bits per heavy atom. The van der Waals surface area contributed by atoms with Crippen molar-refractivity contribution in [3.63, 3.8) is 0 Å². The molecule has 0 aliphatic rings. The van der Waals surface area contributed by atoms with Crippen molar-refractivity contribution >= 4 is 11.0 Å². The SMILES string of the molecule is CCC(C)n1c(C(C)C)nc2ccccc21. The number of nitrogens with zero attached hydrogens (tertiary/aromatic N) is 2. The molecule has 1 aromatic carbocycles. The van der Waals surface area contributed by atoms with E-state index in [0.29, 0.717) is 12.0 Å². The third-order valence-corrected chi connectivity index (χ3v) is 3.17. The zero-order chi connectivity index (χ0) is 11.7. The number of benzene rings is 1. The molecule has 86 valence electrons. The van der Waals surface area contributed by atoms with Crippen molar-refractivity contribution in [2.75, 3.05) is 0 Å². The van der Waals surface area contributed by atoms with Crippen molar-refractivity contribution in [3.05, 3.63) is 30.1 Å². The van der Waals surface area contributed by atoms with E-state index in [9.17, 15) is 0 Å². The van der Waals surface area contributed by atoms with E-state index in [-0.39, 0.29) is 0 Å². The summed E-state index contributed by atoms with van der Waals surface area (Å²) < 4.78 is 2.39. The van der Waals surface area contributed by atoms with Crippen molar-refractivity contribution in [2.24, 2.45) is 0 Å². The third-order valence-electron chi connectivity index (χ3n) is 3.17. The van der Waals surface area contributed by atoms with E-state index in [0.717, 1.165) is 11.9 Å². The van der Waals surface area contributed by atoms with Crippen molar-refractivity contribution in [1.82, 2.24) is 9.55 Å². The normalized spacial score (nSPS) is 13.6. The summed E-state index contributed by atoms with van der Waals surface area (Å²) in [5, 5.41) is 0. The number of hydrogen-bond donors (Lipinski definition) is 0. The average Bonchev–Trinajstić information content (AvgIpc) is 2.67. The van der Waals surface area contributed by atoms with Gasteiger partial charge in [0.2, 0.25) is 0 Å². The van der Waals surface area contributed by atoms with Crippen LogP contribution in [0.2, 0.25) is 0 Å². The van der Waals surface area contributed by atoms with Crippen LogP contribution < -0.4 is 0 Å². The summed E-state index contributed by atoms with van der Waals surface area (Å²) >= 11 is 0. The maximum Gasteiger partial charge on any atom is 0.112 e. The van der Waals surface area contributed by atoms with Gasteiger partial charge in [0.1, 0.15) is 5.82 Å². The van der Waals surface area contributed by atoms with Gasteiger partial charge in [0.05, 0.1) is 11.0 Å².